The van der Waals surface area contributed by atoms with E-state index >= 15 is 0 Å². The van der Waals surface area contributed by atoms with Gasteiger partial charge in [-0.25, -0.2) is 0 Å². The van der Waals surface area contributed by atoms with Crippen LogP contribution in [0.25, 0.3) is 0 Å². The van der Waals surface area contributed by atoms with E-state index in [0.717, 1.165) is 12.5 Å². The van der Waals surface area contributed by atoms with Crippen LogP contribution >= 0.6 is 0 Å². The first kappa shape index (κ1) is 18.2. The highest BCUT2D eigenvalue weighted by atomic mass is 15.1. The van der Waals surface area contributed by atoms with Crippen LogP contribution in [0.2, 0.25) is 0 Å². The van der Waals surface area contributed by atoms with Gasteiger partial charge in [-0.1, -0.05) is 26.0 Å². The smallest absolute Gasteiger partial charge is 0.0297 e. The second-order valence-corrected chi connectivity index (χ2v) is 7.27. The number of nitrogens with zero attached hydrogens (tertiary/aromatic N) is 1. The molecule has 1 N–H and O–H groups in total. The summed E-state index contributed by atoms with van der Waals surface area (Å²) in [6.07, 6.45) is 1.21. The van der Waals surface area contributed by atoms with E-state index in [1.54, 1.807) is 0 Å². The van der Waals surface area contributed by atoms with Crippen LogP contribution in [0.5, 0.6) is 0 Å². The third kappa shape index (κ3) is 5.80. The summed E-state index contributed by atoms with van der Waals surface area (Å²) >= 11 is 0. The van der Waals surface area contributed by atoms with Gasteiger partial charge >= 0.3 is 0 Å². The summed E-state index contributed by atoms with van der Waals surface area (Å²) in [6, 6.07) is 5.60. The largest absolute Gasteiger partial charge is 0.308 e. The molecule has 120 valence electrons. The van der Waals surface area contributed by atoms with E-state index in [4.69, 9.17) is 0 Å². The molecule has 0 aliphatic rings. The Bertz CT molecular complexity index is 439. The third-order valence-corrected chi connectivity index (χ3v) is 4.18. The van der Waals surface area contributed by atoms with E-state index in [2.05, 4.69) is 78.0 Å². The first-order valence-electron chi connectivity index (χ1n) is 8.19. The molecule has 0 aromatic heterocycles. The maximum atomic E-state index is 3.84. The van der Waals surface area contributed by atoms with E-state index in [9.17, 15) is 0 Å². The first-order valence-corrected chi connectivity index (χ1v) is 8.19. The van der Waals surface area contributed by atoms with Crippen LogP contribution in [-0.4, -0.2) is 31.6 Å². The van der Waals surface area contributed by atoms with Gasteiger partial charge in [0.25, 0.3) is 0 Å². The zero-order valence-electron chi connectivity index (χ0n) is 15.2. The Morgan fingerprint density at radius 1 is 0.952 bits per heavy atom. The molecule has 2 heteroatoms. The Balaban J connectivity index is 2.85. The number of nitrogens with one attached hydrogen (secondary N) is 1. The molecule has 0 aliphatic carbocycles. The predicted molar refractivity (Wildman–Crippen MR) is 94.0 cm³/mol. The molecule has 2 unspecified atom stereocenters. The summed E-state index contributed by atoms with van der Waals surface area (Å²) in [5.41, 5.74) is 5.60. The highest BCUT2D eigenvalue weighted by Crippen LogP contribution is 2.22. The van der Waals surface area contributed by atoms with Crippen LogP contribution in [0.3, 0.4) is 0 Å². The van der Waals surface area contributed by atoms with Crippen molar-refractivity contribution in [3.05, 3.63) is 34.4 Å². The van der Waals surface area contributed by atoms with Crippen LogP contribution < -0.4 is 5.32 Å². The molecule has 0 saturated carbocycles. The number of likely N-dealkylation sites (N-methyl/N-ethyl adjacent to an activating group) is 1. The SMILES string of the molecule is Cc1cc(C)c(C(C)NC(CC(C)C)CN(C)C)cc1C. The number of hydrogen-bond acceptors (Lipinski definition) is 2. The zero-order valence-corrected chi connectivity index (χ0v) is 15.2. The molecule has 0 bridgehead atoms. The van der Waals surface area contributed by atoms with E-state index in [1.807, 2.05) is 0 Å². The Labute approximate surface area is 131 Å². The first-order chi connectivity index (χ1) is 9.70. The molecule has 2 atom stereocenters. The molecule has 1 rings (SSSR count). The second-order valence-electron chi connectivity index (χ2n) is 7.27. The average Bonchev–Trinajstić information content (AvgIpc) is 2.31. The molecule has 0 saturated heterocycles. The van der Waals surface area contributed by atoms with Crippen molar-refractivity contribution in [3.63, 3.8) is 0 Å². The predicted octanol–water partition coefficient (Wildman–Crippen LogP) is 4.24. The normalized spacial score (nSPS) is 14.8. The quantitative estimate of drug-likeness (QED) is 0.808. The fourth-order valence-corrected chi connectivity index (χ4v) is 3.10. The van der Waals surface area contributed by atoms with E-state index in [-0.39, 0.29) is 0 Å². The molecule has 0 radical (unpaired) electrons. The number of rotatable bonds is 7. The van der Waals surface area contributed by atoms with E-state index in [0.29, 0.717) is 12.1 Å². The molecule has 0 aliphatic heterocycles. The van der Waals surface area contributed by atoms with Crippen molar-refractivity contribution < 1.29 is 0 Å². The molecule has 21 heavy (non-hydrogen) atoms. The number of benzene rings is 1. The summed E-state index contributed by atoms with van der Waals surface area (Å²) < 4.78 is 0. The molecule has 0 spiro atoms. The molecule has 1 aromatic carbocycles. The Morgan fingerprint density at radius 2 is 1.52 bits per heavy atom. The number of aryl methyl sites for hydroxylation is 3. The lowest BCUT2D eigenvalue weighted by Crippen LogP contribution is -2.40. The van der Waals surface area contributed by atoms with Gasteiger partial charge < -0.3 is 10.2 Å². The Kier molecular flexibility index (Phi) is 6.89. The van der Waals surface area contributed by atoms with Crippen LogP contribution in [0.1, 0.15) is 55.5 Å². The van der Waals surface area contributed by atoms with Crippen molar-refractivity contribution in [2.24, 2.45) is 5.92 Å². The summed E-state index contributed by atoms with van der Waals surface area (Å²) in [5, 5.41) is 3.84. The third-order valence-electron chi connectivity index (χ3n) is 4.18. The van der Waals surface area contributed by atoms with Gasteiger partial charge in [0.2, 0.25) is 0 Å². The molecule has 1 aromatic rings. The fourth-order valence-electron chi connectivity index (χ4n) is 3.10. The minimum absolute atomic E-state index is 0.396. The van der Waals surface area contributed by atoms with Gasteiger partial charge in [-0.2, -0.15) is 0 Å². The van der Waals surface area contributed by atoms with E-state index in [1.165, 1.54) is 28.7 Å². The van der Waals surface area contributed by atoms with Crippen molar-refractivity contribution in [3.8, 4) is 0 Å². The Hall–Kier alpha value is -0.860. The summed E-state index contributed by atoms with van der Waals surface area (Å²) in [6.45, 7) is 14.6. The Morgan fingerprint density at radius 3 is 2.05 bits per heavy atom. The highest BCUT2D eigenvalue weighted by Gasteiger charge is 2.17. The van der Waals surface area contributed by atoms with Gasteiger partial charge in [0.1, 0.15) is 0 Å². The minimum Gasteiger partial charge on any atom is -0.308 e. The maximum Gasteiger partial charge on any atom is 0.0297 e. The minimum atomic E-state index is 0.396. The zero-order chi connectivity index (χ0) is 16.2. The lowest BCUT2D eigenvalue weighted by Gasteiger charge is -2.28. The topological polar surface area (TPSA) is 15.3 Å². The summed E-state index contributed by atoms with van der Waals surface area (Å²) in [4.78, 5) is 2.28. The average molecular weight is 290 g/mol. The standard InChI is InChI=1S/C19H34N2/c1-13(2)9-18(12-21(7)8)20-17(6)19-11-15(4)14(3)10-16(19)5/h10-11,13,17-18,20H,9,12H2,1-8H3. The maximum absolute atomic E-state index is 3.84. The van der Waals surface area contributed by atoms with Crippen molar-refractivity contribution in [2.45, 2.75) is 60.0 Å². The monoisotopic (exact) mass is 290 g/mol. The lowest BCUT2D eigenvalue weighted by molar-refractivity contribution is 0.290. The van der Waals surface area contributed by atoms with Crippen LogP contribution in [-0.2, 0) is 0 Å². The van der Waals surface area contributed by atoms with Crippen molar-refractivity contribution in [1.82, 2.24) is 10.2 Å². The summed E-state index contributed by atoms with van der Waals surface area (Å²) in [7, 11) is 4.31. The van der Waals surface area contributed by atoms with Gasteiger partial charge in [0, 0.05) is 18.6 Å². The number of hydrogen-bond donors (Lipinski definition) is 1. The van der Waals surface area contributed by atoms with Crippen molar-refractivity contribution >= 4 is 0 Å². The molecule has 0 amide bonds. The van der Waals surface area contributed by atoms with Crippen molar-refractivity contribution in [1.29, 1.82) is 0 Å². The van der Waals surface area contributed by atoms with Gasteiger partial charge in [-0.15, -0.1) is 0 Å². The van der Waals surface area contributed by atoms with Gasteiger partial charge in [0.05, 0.1) is 0 Å². The van der Waals surface area contributed by atoms with E-state index < -0.39 is 0 Å². The molecule has 2 nitrogen and oxygen atoms in total. The lowest BCUT2D eigenvalue weighted by atomic mass is 9.95. The van der Waals surface area contributed by atoms with Gasteiger partial charge in [-0.3, -0.25) is 0 Å². The van der Waals surface area contributed by atoms with Crippen LogP contribution in [0.15, 0.2) is 12.1 Å². The second kappa shape index (κ2) is 7.95. The molecule has 0 fully saturated rings. The van der Waals surface area contributed by atoms with Crippen LogP contribution in [0.4, 0.5) is 0 Å². The van der Waals surface area contributed by atoms with Crippen LogP contribution in [0, 0.1) is 26.7 Å². The molecule has 0 heterocycles. The van der Waals surface area contributed by atoms with Gasteiger partial charge in [-0.05, 0) is 76.4 Å². The van der Waals surface area contributed by atoms with Gasteiger partial charge in [0.15, 0.2) is 0 Å². The molecular formula is C19H34N2. The molecular weight excluding hydrogens is 256 g/mol. The van der Waals surface area contributed by atoms with Crippen molar-refractivity contribution in [2.75, 3.05) is 20.6 Å². The fraction of sp³-hybridized carbons (Fsp3) is 0.684. The highest BCUT2D eigenvalue weighted by molar-refractivity contribution is 5.38. The summed E-state index contributed by atoms with van der Waals surface area (Å²) in [5.74, 6) is 0.718.